The highest BCUT2D eigenvalue weighted by molar-refractivity contribution is 5.89. The Morgan fingerprint density at radius 3 is 2.50 bits per heavy atom. The molecule has 1 saturated heterocycles. The van der Waals surface area contributed by atoms with Crippen molar-refractivity contribution in [3.8, 4) is 22.5 Å². The van der Waals surface area contributed by atoms with Crippen LogP contribution in [0.2, 0.25) is 0 Å². The highest BCUT2D eigenvalue weighted by atomic mass is 19.3. The second-order valence-electron chi connectivity index (χ2n) is 7.77. The molecule has 0 aliphatic carbocycles. The summed E-state index contributed by atoms with van der Waals surface area (Å²) in [6.45, 7) is 0.616. The van der Waals surface area contributed by atoms with E-state index in [-0.39, 0.29) is 12.8 Å². The molecule has 152 valence electrons. The maximum atomic E-state index is 13.5. The van der Waals surface area contributed by atoms with Gasteiger partial charge in [-0.2, -0.15) is 0 Å². The van der Waals surface area contributed by atoms with Crippen LogP contribution in [0.25, 0.3) is 33.3 Å². The molecule has 0 N–H and O–H groups in total. The maximum Gasteiger partial charge on any atom is 0.251 e. The molecule has 1 fully saturated rings. The minimum atomic E-state index is -2.57. The van der Waals surface area contributed by atoms with Crippen LogP contribution in [0.1, 0.15) is 12.8 Å². The number of alkyl halides is 2. The SMILES string of the molecule is Cn1cncc1-c1ccc2cnc(-c3ccnc(N4CCC(F)(F)CC4)c3)cc2c1. The second-order valence-corrected chi connectivity index (χ2v) is 7.77. The number of fused-ring (bicyclic) bond motifs is 1. The van der Waals surface area contributed by atoms with Gasteiger partial charge >= 0.3 is 0 Å². The Labute approximate surface area is 173 Å². The predicted molar refractivity (Wildman–Crippen MR) is 114 cm³/mol. The van der Waals surface area contributed by atoms with E-state index in [4.69, 9.17) is 0 Å². The van der Waals surface area contributed by atoms with Gasteiger partial charge in [-0.25, -0.2) is 18.7 Å². The van der Waals surface area contributed by atoms with E-state index in [0.717, 1.165) is 33.3 Å². The van der Waals surface area contributed by atoms with E-state index < -0.39 is 5.92 Å². The molecule has 0 amide bonds. The summed E-state index contributed by atoms with van der Waals surface area (Å²) in [5.74, 6) is -1.85. The standard InChI is InChI=1S/C23H21F2N5/c1-29-15-26-14-21(29)17-2-3-18-13-28-20(11-19(18)10-17)16-4-7-27-22(12-16)30-8-5-23(24,25)6-9-30/h2-4,7,10-15H,5-6,8-9H2,1H3. The van der Waals surface area contributed by atoms with Crippen LogP contribution in [0, 0.1) is 0 Å². The Hall–Kier alpha value is -3.35. The Balaban J connectivity index is 1.48. The fraction of sp³-hybridized carbons (Fsp3) is 0.261. The Bertz CT molecular complexity index is 1210. The van der Waals surface area contributed by atoms with Gasteiger partial charge in [-0.3, -0.25) is 4.98 Å². The number of anilines is 1. The number of rotatable bonds is 3. The van der Waals surface area contributed by atoms with Crippen molar-refractivity contribution in [3.05, 3.63) is 61.3 Å². The number of aromatic nitrogens is 4. The molecule has 3 aromatic heterocycles. The van der Waals surface area contributed by atoms with Crippen molar-refractivity contribution >= 4 is 16.6 Å². The molecule has 1 aliphatic heterocycles. The van der Waals surface area contributed by atoms with Crippen LogP contribution < -0.4 is 4.90 Å². The van der Waals surface area contributed by atoms with Crippen LogP contribution in [0.4, 0.5) is 14.6 Å². The lowest BCUT2D eigenvalue weighted by Gasteiger charge is -2.32. The molecule has 4 aromatic rings. The normalized spacial score (nSPS) is 16.2. The monoisotopic (exact) mass is 405 g/mol. The third kappa shape index (κ3) is 3.51. The molecule has 1 aliphatic rings. The number of aryl methyl sites for hydroxylation is 1. The smallest absolute Gasteiger partial charge is 0.251 e. The number of pyridine rings is 2. The van der Waals surface area contributed by atoms with Gasteiger partial charge in [0.2, 0.25) is 0 Å². The molecular formula is C23H21F2N5. The highest BCUT2D eigenvalue weighted by Crippen LogP contribution is 2.32. The molecule has 0 saturated carbocycles. The molecule has 0 radical (unpaired) electrons. The molecule has 0 unspecified atom stereocenters. The summed E-state index contributed by atoms with van der Waals surface area (Å²) in [6, 6.07) is 12.1. The van der Waals surface area contributed by atoms with Crippen molar-refractivity contribution in [2.24, 2.45) is 7.05 Å². The zero-order valence-corrected chi connectivity index (χ0v) is 16.6. The first-order chi connectivity index (χ1) is 14.5. The van der Waals surface area contributed by atoms with Gasteiger partial charge in [-0.05, 0) is 29.7 Å². The number of benzene rings is 1. The van der Waals surface area contributed by atoms with Gasteiger partial charge < -0.3 is 9.47 Å². The molecule has 0 atom stereocenters. The molecule has 4 heterocycles. The highest BCUT2D eigenvalue weighted by Gasteiger charge is 2.34. The third-order valence-electron chi connectivity index (χ3n) is 5.69. The van der Waals surface area contributed by atoms with E-state index in [1.54, 1.807) is 12.5 Å². The lowest BCUT2D eigenvalue weighted by atomic mass is 10.0. The van der Waals surface area contributed by atoms with Gasteiger partial charge in [0.15, 0.2) is 0 Å². The van der Waals surface area contributed by atoms with E-state index in [2.05, 4.69) is 39.2 Å². The molecule has 5 nitrogen and oxygen atoms in total. The number of nitrogens with zero attached hydrogens (tertiary/aromatic N) is 5. The molecular weight excluding hydrogens is 384 g/mol. The van der Waals surface area contributed by atoms with Crippen LogP contribution in [-0.4, -0.2) is 38.5 Å². The summed E-state index contributed by atoms with van der Waals surface area (Å²) in [6.07, 6.45) is 6.94. The van der Waals surface area contributed by atoms with E-state index in [1.165, 1.54) is 0 Å². The average Bonchev–Trinajstić information content (AvgIpc) is 3.19. The quantitative estimate of drug-likeness (QED) is 0.485. The first-order valence-corrected chi connectivity index (χ1v) is 9.94. The molecule has 1 aromatic carbocycles. The number of halogens is 2. The number of hydrogen-bond acceptors (Lipinski definition) is 4. The minimum absolute atomic E-state index is 0.135. The van der Waals surface area contributed by atoms with Gasteiger partial charge in [-0.15, -0.1) is 0 Å². The van der Waals surface area contributed by atoms with Crippen molar-refractivity contribution in [1.29, 1.82) is 0 Å². The topological polar surface area (TPSA) is 46.8 Å². The lowest BCUT2D eigenvalue weighted by molar-refractivity contribution is -0.0221. The summed E-state index contributed by atoms with van der Waals surface area (Å²) >= 11 is 0. The van der Waals surface area contributed by atoms with Gasteiger partial charge in [0.1, 0.15) is 5.82 Å². The van der Waals surface area contributed by atoms with Crippen molar-refractivity contribution in [3.63, 3.8) is 0 Å². The summed E-state index contributed by atoms with van der Waals surface area (Å²) in [5.41, 5.74) is 3.88. The Kier molecular flexibility index (Phi) is 4.46. The first kappa shape index (κ1) is 18.7. The maximum absolute atomic E-state index is 13.5. The molecule has 30 heavy (non-hydrogen) atoms. The molecule has 0 bridgehead atoms. The number of hydrogen-bond donors (Lipinski definition) is 0. The van der Waals surface area contributed by atoms with Gasteiger partial charge in [0.05, 0.1) is 23.9 Å². The van der Waals surface area contributed by atoms with E-state index in [1.807, 2.05) is 41.0 Å². The van der Waals surface area contributed by atoms with E-state index >= 15 is 0 Å². The average molecular weight is 405 g/mol. The molecule has 5 rings (SSSR count). The first-order valence-electron chi connectivity index (χ1n) is 9.94. The van der Waals surface area contributed by atoms with Crippen LogP contribution in [0.3, 0.4) is 0 Å². The minimum Gasteiger partial charge on any atom is -0.356 e. The van der Waals surface area contributed by atoms with E-state index in [9.17, 15) is 8.78 Å². The van der Waals surface area contributed by atoms with Crippen LogP contribution >= 0.6 is 0 Å². The number of piperidine rings is 1. The summed E-state index contributed by atoms with van der Waals surface area (Å²) in [7, 11) is 1.97. The number of imidazole rings is 1. The lowest BCUT2D eigenvalue weighted by Crippen LogP contribution is -2.39. The summed E-state index contributed by atoms with van der Waals surface area (Å²) < 4.78 is 29.0. The predicted octanol–water partition coefficient (Wildman–Crippen LogP) is 4.93. The van der Waals surface area contributed by atoms with Crippen LogP contribution in [0.15, 0.2) is 61.3 Å². The summed E-state index contributed by atoms with van der Waals surface area (Å²) in [4.78, 5) is 15.1. The second kappa shape index (κ2) is 7.16. The summed E-state index contributed by atoms with van der Waals surface area (Å²) in [5, 5.41) is 2.13. The Morgan fingerprint density at radius 2 is 1.73 bits per heavy atom. The fourth-order valence-electron chi connectivity index (χ4n) is 3.91. The van der Waals surface area contributed by atoms with Crippen molar-refractivity contribution in [2.45, 2.75) is 18.8 Å². The van der Waals surface area contributed by atoms with Crippen molar-refractivity contribution < 1.29 is 8.78 Å². The van der Waals surface area contributed by atoms with Gasteiger partial charge in [-0.1, -0.05) is 12.1 Å². The van der Waals surface area contributed by atoms with Gasteiger partial charge in [0, 0.05) is 61.9 Å². The Morgan fingerprint density at radius 1 is 0.900 bits per heavy atom. The van der Waals surface area contributed by atoms with Crippen molar-refractivity contribution in [1.82, 2.24) is 19.5 Å². The zero-order valence-electron chi connectivity index (χ0n) is 16.6. The van der Waals surface area contributed by atoms with E-state index in [0.29, 0.717) is 18.9 Å². The third-order valence-corrected chi connectivity index (χ3v) is 5.69. The molecule has 0 spiro atoms. The zero-order chi connectivity index (χ0) is 20.7. The van der Waals surface area contributed by atoms with Crippen LogP contribution in [-0.2, 0) is 7.05 Å². The molecule has 7 heteroatoms. The van der Waals surface area contributed by atoms with Gasteiger partial charge in [0.25, 0.3) is 5.92 Å². The largest absolute Gasteiger partial charge is 0.356 e. The van der Waals surface area contributed by atoms with Crippen LogP contribution in [0.5, 0.6) is 0 Å². The van der Waals surface area contributed by atoms with Crippen molar-refractivity contribution in [2.75, 3.05) is 18.0 Å². The fourth-order valence-corrected chi connectivity index (χ4v) is 3.91.